The number of esters is 1. The molecule has 3 nitrogen and oxygen atoms in total. The van der Waals surface area contributed by atoms with E-state index in [1.54, 1.807) is 0 Å². The largest absolute Gasteiger partial charge is 0.465 e. The Morgan fingerprint density at radius 3 is 2.74 bits per heavy atom. The fourth-order valence-corrected chi connectivity index (χ4v) is 3.37. The van der Waals surface area contributed by atoms with Gasteiger partial charge in [0.2, 0.25) is 0 Å². The summed E-state index contributed by atoms with van der Waals surface area (Å²) in [5, 5.41) is 0. The molecule has 0 aliphatic heterocycles. The molecule has 0 unspecified atom stereocenters. The second-order valence-electron chi connectivity index (χ2n) is 5.40. The number of hydrogen-bond acceptors (Lipinski definition) is 3. The molecule has 0 amide bonds. The van der Waals surface area contributed by atoms with E-state index in [9.17, 15) is 4.79 Å². The normalized spacial score (nSPS) is 30.6. The van der Waals surface area contributed by atoms with Gasteiger partial charge in [0.05, 0.1) is 12.7 Å². The van der Waals surface area contributed by atoms with Gasteiger partial charge in [-0.2, -0.15) is 0 Å². The summed E-state index contributed by atoms with van der Waals surface area (Å²) in [5.41, 5.74) is 2.02. The highest BCUT2D eigenvalue weighted by Crippen LogP contribution is 2.73. The third kappa shape index (κ3) is 1.71. The first-order valence-electron chi connectivity index (χ1n) is 7.13. The Bertz CT molecular complexity index is 497. The van der Waals surface area contributed by atoms with Gasteiger partial charge in [-0.05, 0) is 30.9 Å². The van der Waals surface area contributed by atoms with Crippen molar-refractivity contribution < 1.29 is 14.3 Å². The number of rotatable bonds is 5. The lowest BCUT2D eigenvalue weighted by molar-refractivity contribution is -0.156. The zero-order chi connectivity index (χ0) is 13.5. The predicted octanol–water partition coefficient (Wildman–Crippen LogP) is 3.20. The van der Waals surface area contributed by atoms with Gasteiger partial charge in [0.15, 0.2) is 0 Å². The molecular weight excluding hydrogens is 240 g/mol. The van der Waals surface area contributed by atoms with Crippen LogP contribution in [0.4, 0.5) is 0 Å². The molecule has 0 saturated heterocycles. The van der Waals surface area contributed by atoms with E-state index in [1.165, 1.54) is 11.1 Å². The fraction of sp³-hybridized carbons (Fsp3) is 0.562. The minimum absolute atomic E-state index is 0.0858. The van der Waals surface area contributed by atoms with Gasteiger partial charge >= 0.3 is 5.97 Å². The quantitative estimate of drug-likeness (QED) is 0.763. The first-order chi connectivity index (χ1) is 9.25. The summed E-state index contributed by atoms with van der Waals surface area (Å²) in [6, 6.07) is 8.26. The number of benzene rings is 1. The van der Waals surface area contributed by atoms with Crippen LogP contribution in [0.25, 0.3) is 0 Å². The van der Waals surface area contributed by atoms with Gasteiger partial charge in [-0.25, -0.2) is 0 Å². The Hall–Kier alpha value is -1.35. The van der Waals surface area contributed by atoms with E-state index in [-0.39, 0.29) is 12.1 Å². The van der Waals surface area contributed by atoms with Gasteiger partial charge in [-0.1, -0.05) is 31.2 Å². The molecule has 3 rings (SSSR count). The maximum atomic E-state index is 12.3. The van der Waals surface area contributed by atoms with Gasteiger partial charge in [0.1, 0.15) is 5.41 Å². The van der Waals surface area contributed by atoms with Gasteiger partial charge in [-0.15, -0.1) is 0 Å². The third-order valence-corrected chi connectivity index (χ3v) is 4.27. The van der Waals surface area contributed by atoms with E-state index < -0.39 is 5.41 Å². The Morgan fingerprint density at radius 1 is 1.32 bits per heavy atom. The molecule has 19 heavy (non-hydrogen) atoms. The minimum atomic E-state index is -0.436. The number of ether oxygens (including phenoxy) is 2. The van der Waals surface area contributed by atoms with E-state index in [0.29, 0.717) is 19.1 Å². The van der Waals surface area contributed by atoms with Crippen molar-refractivity contribution in [1.29, 1.82) is 0 Å². The lowest BCUT2D eigenvalue weighted by Crippen LogP contribution is -2.27. The number of fused-ring (bicyclic) bond motifs is 3. The van der Waals surface area contributed by atoms with Crippen LogP contribution in [0, 0.1) is 5.41 Å². The molecule has 2 aliphatic rings. The summed E-state index contributed by atoms with van der Waals surface area (Å²) in [5.74, 6) is 0.210. The van der Waals surface area contributed by atoms with Crippen molar-refractivity contribution in [1.82, 2.24) is 0 Å². The van der Waals surface area contributed by atoms with Gasteiger partial charge in [0, 0.05) is 12.5 Å². The van der Waals surface area contributed by atoms with Crippen LogP contribution in [0.3, 0.4) is 0 Å². The van der Waals surface area contributed by atoms with Crippen LogP contribution in [0.1, 0.15) is 49.8 Å². The van der Waals surface area contributed by atoms with E-state index in [4.69, 9.17) is 9.47 Å². The number of carbonyl (C=O) groups excluding carboxylic acids is 1. The highest BCUT2D eigenvalue weighted by atomic mass is 16.5. The van der Waals surface area contributed by atoms with Crippen LogP contribution < -0.4 is 0 Å². The Kier molecular flexibility index (Phi) is 3.09. The summed E-state index contributed by atoms with van der Waals surface area (Å²) in [4.78, 5) is 12.3. The molecule has 1 saturated carbocycles. The first kappa shape index (κ1) is 12.7. The molecule has 3 heteroatoms. The first-order valence-corrected chi connectivity index (χ1v) is 7.13. The van der Waals surface area contributed by atoms with Crippen molar-refractivity contribution >= 4 is 5.97 Å². The van der Waals surface area contributed by atoms with Crippen LogP contribution in [-0.4, -0.2) is 19.2 Å². The SMILES string of the molecule is CCCO[C@H]1c2ccccc2[C@H]2C[C@]21C(=O)OCC. The van der Waals surface area contributed by atoms with Crippen molar-refractivity contribution in [2.75, 3.05) is 13.2 Å². The molecule has 0 bridgehead atoms. The predicted molar refractivity (Wildman–Crippen MR) is 71.9 cm³/mol. The molecule has 0 aromatic heterocycles. The van der Waals surface area contributed by atoms with E-state index in [2.05, 4.69) is 19.1 Å². The maximum absolute atomic E-state index is 12.3. The zero-order valence-corrected chi connectivity index (χ0v) is 11.5. The monoisotopic (exact) mass is 260 g/mol. The van der Waals surface area contributed by atoms with Crippen molar-refractivity contribution in [3.05, 3.63) is 35.4 Å². The second kappa shape index (κ2) is 4.64. The Labute approximate surface area is 113 Å². The Balaban J connectivity index is 1.94. The summed E-state index contributed by atoms with van der Waals surface area (Å²) in [6.07, 6.45) is 1.71. The molecule has 0 heterocycles. The molecule has 1 fully saturated rings. The number of carbonyl (C=O) groups is 1. The summed E-state index contributed by atoms with van der Waals surface area (Å²) in [7, 11) is 0. The molecule has 0 N–H and O–H groups in total. The maximum Gasteiger partial charge on any atom is 0.315 e. The molecule has 102 valence electrons. The van der Waals surface area contributed by atoms with Crippen LogP contribution >= 0.6 is 0 Å². The smallest absolute Gasteiger partial charge is 0.315 e. The van der Waals surface area contributed by atoms with Gasteiger partial charge in [-0.3, -0.25) is 4.79 Å². The highest BCUT2D eigenvalue weighted by molar-refractivity contribution is 5.85. The van der Waals surface area contributed by atoms with E-state index >= 15 is 0 Å². The lowest BCUT2D eigenvalue weighted by atomic mass is 9.97. The van der Waals surface area contributed by atoms with Crippen LogP contribution in [0.15, 0.2) is 24.3 Å². The molecule has 3 atom stereocenters. The van der Waals surface area contributed by atoms with Crippen LogP contribution in [-0.2, 0) is 14.3 Å². The van der Waals surface area contributed by atoms with Crippen LogP contribution in [0.2, 0.25) is 0 Å². The van der Waals surface area contributed by atoms with E-state index in [0.717, 1.165) is 12.8 Å². The summed E-state index contributed by atoms with van der Waals surface area (Å²) < 4.78 is 11.3. The fourth-order valence-electron chi connectivity index (χ4n) is 3.37. The molecule has 2 aliphatic carbocycles. The minimum Gasteiger partial charge on any atom is -0.465 e. The average molecular weight is 260 g/mol. The lowest BCUT2D eigenvalue weighted by Gasteiger charge is -2.23. The Morgan fingerprint density at radius 2 is 2.05 bits per heavy atom. The standard InChI is InChI=1S/C16H20O3/c1-3-9-19-14-12-8-6-5-7-11(12)13-10-16(13,14)15(17)18-4-2/h5-8,13-14H,3-4,9-10H2,1-2H3/t13-,14+,16+/m1/s1. The van der Waals surface area contributed by atoms with Crippen molar-refractivity contribution in [2.45, 2.75) is 38.7 Å². The van der Waals surface area contributed by atoms with Crippen molar-refractivity contribution in [3.63, 3.8) is 0 Å². The van der Waals surface area contributed by atoms with Gasteiger partial charge in [0.25, 0.3) is 0 Å². The zero-order valence-electron chi connectivity index (χ0n) is 11.5. The van der Waals surface area contributed by atoms with Crippen LogP contribution in [0.5, 0.6) is 0 Å². The van der Waals surface area contributed by atoms with Gasteiger partial charge < -0.3 is 9.47 Å². The third-order valence-electron chi connectivity index (χ3n) is 4.27. The molecule has 0 radical (unpaired) electrons. The van der Waals surface area contributed by atoms with Crippen molar-refractivity contribution in [3.8, 4) is 0 Å². The topological polar surface area (TPSA) is 35.5 Å². The highest BCUT2D eigenvalue weighted by Gasteiger charge is 2.71. The second-order valence-corrected chi connectivity index (χ2v) is 5.40. The summed E-state index contributed by atoms with van der Waals surface area (Å²) >= 11 is 0. The number of hydrogen-bond donors (Lipinski definition) is 0. The average Bonchev–Trinajstić information content (AvgIpc) is 3.11. The summed E-state index contributed by atoms with van der Waals surface area (Å²) in [6.45, 7) is 5.06. The van der Waals surface area contributed by atoms with Crippen molar-refractivity contribution in [2.24, 2.45) is 5.41 Å². The molecule has 1 aromatic carbocycles. The molecule has 1 aromatic rings. The molecule has 0 spiro atoms. The molecular formula is C16H20O3. The van der Waals surface area contributed by atoms with E-state index in [1.807, 2.05) is 19.1 Å².